The van der Waals surface area contributed by atoms with Crippen LogP contribution in [0.4, 0.5) is 0 Å². The van der Waals surface area contributed by atoms with E-state index in [9.17, 15) is 43.2 Å². The van der Waals surface area contributed by atoms with Crippen LogP contribution in [0.15, 0.2) is 0 Å². The highest BCUT2D eigenvalue weighted by molar-refractivity contribution is 7.47. The SMILES string of the molecule is CC(C)CCCCCCCCCCCCCCCCCCC(=O)O[C@H](COC(=O)CCCCCCCCCCCCCCC(C)C)COP(=O)(O)OCC(O)COP(=O)(O)OC[C@@H](COC(=O)CCCCCCCCCC(C)C)OC(=O)CCCCCCCCCCCCCCC(C)C. The van der Waals surface area contributed by atoms with Crippen LogP contribution in [0.5, 0.6) is 0 Å². The lowest BCUT2D eigenvalue weighted by Gasteiger charge is -2.21. The first-order valence-corrected chi connectivity index (χ1v) is 44.2. The molecule has 588 valence electrons. The molecule has 0 aliphatic rings. The summed E-state index contributed by atoms with van der Waals surface area (Å²) in [6.45, 7) is 14.2. The molecule has 0 heterocycles. The maximum absolute atomic E-state index is 13.1. The van der Waals surface area contributed by atoms with Gasteiger partial charge in [-0.15, -0.1) is 0 Å². The fourth-order valence-corrected chi connectivity index (χ4v) is 13.8. The van der Waals surface area contributed by atoms with Crippen molar-refractivity contribution in [3.8, 4) is 0 Å². The Hall–Kier alpha value is -1.94. The molecule has 0 saturated heterocycles. The third-order valence-electron chi connectivity index (χ3n) is 18.6. The van der Waals surface area contributed by atoms with Crippen LogP contribution in [0.3, 0.4) is 0 Å². The molecule has 0 amide bonds. The first kappa shape index (κ1) is 97.1. The Morgan fingerprint density at radius 3 is 0.626 bits per heavy atom. The van der Waals surface area contributed by atoms with Crippen molar-refractivity contribution >= 4 is 39.5 Å². The first-order chi connectivity index (χ1) is 47.6. The summed E-state index contributed by atoms with van der Waals surface area (Å²) in [7, 11) is -9.92. The highest BCUT2D eigenvalue weighted by Crippen LogP contribution is 2.45. The fourth-order valence-electron chi connectivity index (χ4n) is 12.3. The standard InChI is InChI=1S/C80H156O17P2/c1-70(2)56-48-40-32-25-19-13-11-9-10-12-14-23-29-37-46-54-62-79(84)96-75(66-90-77(82)60-52-44-36-28-22-17-15-20-26-33-41-49-57-71(3)4)68-94-98(86,87)92-64-74(81)65-93-99(88,89)95-69-76(67-91-78(83)61-53-45-39-31-35-43-51-59-73(7)8)97-80(85)63-55-47-38-30-24-18-16-21-27-34-42-50-58-72(5)6/h70-76,81H,9-69H2,1-8H3,(H,86,87)(H,88,89)/t74?,75-,76-/m1/s1. The summed E-state index contributed by atoms with van der Waals surface area (Å²) >= 11 is 0. The average molecular weight is 1450 g/mol. The van der Waals surface area contributed by atoms with Gasteiger partial charge < -0.3 is 33.8 Å². The molecule has 5 atom stereocenters. The lowest BCUT2D eigenvalue weighted by molar-refractivity contribution is -0.161. The quantitative estimate of drug-likeness (QED) is 0.0222. The van der Waals surface area contributed by atoms with Crippen LogP contribution >= 0.6 is 15.6 Å². The van der Waals surface area contributed by atoms with E-state index in [1.807, 2.05) is 0 Å². The van der Waals surface area contributed by atoms with Gasteiger partial charge in [0.2, 0.25) is 0 Å². The van der Waals surface area contributed by atoms with Gasteiger partial charge in [-0.1, -0.05) is 357 Å². The Morgan fingerprint density at radius 2 is 0.424 bits per heavy atom. The van der Waals surface area contributed by atoms with Crippen molar-refractivity contribution in [3.05, 3.63) is 0 Å². The van der Waals surface area contributed by atoms with Crippen molar-refractivity contribution in [1.82, 2.24) is 0 Å². The van der Waals surface area contributed by atoms with Crippen LogP contribution in [0.1, 0.15) is 409 Å². The van der Waals surface area contributed by atoms with Gasteiger partial charge in [-0.25, -0.2) is 9.13 Å². The topological polar surface area (TPSA) is 237 Å². The van der Waals surface area contributed by atoms with E-state index < -0.39 is 97.5 Å². The Morgan fingerprint density at radius 1 is 0.253 bits per heavy atom. The lowest BCUT2D eigenvalue weighted by Crippen LogP contribution is -2.30. The van der Waals surface area contributed by atoms with Gasteiger partial charge in [-0.2, -0.15) is 0 Å². The molecule has 99 heavy (non-hydrogen) atoms. The van der Waals surface area contributed by atoms with E-state index in [4.69, 9.17) is 37.0 Å². The van der Waals surface area contributed by atoms with E-state index in [2.05, 4.69) is 55.4 Å². The van der Waals surface area contributed by atoms with Gasteiger partial charge in [0.25, 0.3) is 0 Å². The highest BCUT2D eigenvalue weighted by atomic mass is 31.2. The number of hydrogen-bond donors (Lipinski definition) is 3. The van der Waals surface area contributed by atoms with E-state index >= 15 is 0 Å². The number of carbonyl (C=O) groups excluding carboxylic acids is 4. The average Bonchev–Trinajstić information content (AvgIpc) is 1.01. The molecule has 0 spiro atoms. The van der Waals surface area contributed by atoms with Crippen molar-refractivity contribution < 1.29 is 80.2 Å². The second-order valence-electron chi connectivity index (χ2n) is 30.7. The summed E-state index contributed by atoms with van der Waals surface area (Å²) in [4.78, 5) is 73.0. The van der Waals surface area contributed by atoms with Crippen molar-refractivity contribution in [2.24, 2.45) is 23.7 Å². The molecule has 3 N–H and O–H groups in total. The zero-order chi connectivity index (χ0) is 73.1. The van der Waals surface area contributed by atoms with Crippen molar-refractivity contribution in [2.45, 2.75) is 427 Å². The van der Waals surface area contributed by atoms with Crippen LogP contribution < -0.4 is 0 Å². The molecule has 3 unspecified atom stereocenters. The smallest absolute Gasteiger partial charge is 0.462 e. The van der Waals surface area contributed by atoms with Crippen LogP contribution in [-0.2, 0) is 65.4 Å². The summed E-state index contributed by atoms with van der Waals surface area (Å²) in [6, 6.07) is 0. The van der Waals surface area contributed by atoms with Gasteiger partial charge >= 0.3 is 39.5 Å². The third-order valence-corrected chi connectivity index (χ3v) is 20.5. The number of hydrogen-bond acceptors (Lipinski definition) is 15. The minimum Gasteiger partial charge on any atom is -0.462 e. The number of rotatable bonds is 77. The van der Waals surface area contributed by atoms with Gasteiger partial charge in [0.1, 0.15) is 19.3 Å². The molecule has 17 nitrogen and oxygen atoms in total. The molecular weight excluding hydrogens is 1290 g/mol. The van der Waals surface area contributed by atoms with Crippen molar-refractivity contribution in [2.75, 3.05) is 39.6 Å². The van der Waals surface area contributed by atoms with Crippen LogP contribution in [0.25, 0.3) is 0 Å². The Kier molecular flexibility index (Phi) is 67.8. The fraction of sp³-hybridized carbons (Fsp3) is 0.950. The maximum atomic E-state index is 13.1. The molecule has 0 aromatic carbocycles. The molecule has 19 heteroatoms. The number of phosphoric ester groups is 2. The second-order valence-corrected chi connectivity index (χ2v) is 33.6. The summed E-state index contributed by atoms with van der Waals surface area (Å²) in [5, 5.41) is 10.6. The zero-order valence-electron chi connectivity index (χ0n) is 65.1. The molecular formula is C80H156O17P2. The Labute approximate surface area is 607 Å². The highest BCUT2D eigenvalue weighted by Gasteiger charge is 2.30. The van der Waals surface area contributed by atoms with Crippen molar-refractivity contribution in [3.63, 3.8) is 0 Å². The minimum atomic E-state index is -4.96. The number of unbranched alkanes of at least 4 members (excludes halogenated alkanes) is 43. The number of phosphoric acid groups is 2. The van der Waals surface area contributed by atoms with E-state index in [-0.39, 0.29) is 25.7 Å². The predicted octanol–water partition coefficient (Wildman–Crippen LogP) is 23.6. The third kappa shape index (κ3) is 74.1. The summed E-state index contributed by atoms with van der Waals surface area (Å²) in [5.74, 6) is 0.957. The molecule has 0 aromatic rings. The number of aliphatic hydroxyl groups excluding tert-OH is 1. The van der Waals surface area contributed by atoms with E-state index in [1.54, 1.807) is 0 Å². The Balaban J connectivity index is 5.25. The predicted molar refractivity (Wildman–Crippen MR) is 404 cm³/mol. The number of carbonyl (C=O) groups is 4. The van der Waals surface area contributed by atoms with E-state index in [0.29, 0.717) is 31.6 Å². The van der Waals surface area contributed by atoms with Crippen LogP contribution in [0, 0.1) is 23.7 Å². The summed E-state index contributed by atoms with van der Waals surface area (Å²) in [5.41, 5.74) is 0. The molecule has 0 rings (SSSR count). The number of esters is 4. The summed E-state index contributed by atoms with van der Waals surface area (Å²) < 4.78 is 68.7. The van der Waals surface area contributed by atoms with Gasteiger partial charge in [0.05, 0.1) is 26.4 Å². The molecule has 0 fully saturated rings. The molecule has 0 radical (unpaired) electrons. The molecule has 0 aliphatic carbocycles. The number of aliphatic hydroxyl groups is 1. The van der Waals surface area contributed by atoms with E-state index in [0.717, 1.165) is 114 Å². The van der Waals surface area contributed by atoms with Crippen molar-refractivity contribution in [1.29, 1.82) is 0 Å². The van der Waals surface area contributed by atoms with Crippen LogP contribution in [-0.4, -0.2) is 96.7 Å². The first-order valence-electron chi connectivity index (χ1n) is 41.2. The minimum absolute atomic E-state index is 0.106. The van der Waals surface area contributed by atoms with Gasteiger partial charge in [0, 0.05) is 25.7 Å². The zero-order valence-corrected chi connectivity index (χ0v) is 66.9. The lowest BCUT2D eigenvalue weighted by atomic mass is 10.0. The molecule has 0 saturated carbocycles. The molecule has 0 aliphatic heterocycles. The maximum Gasteiger partial charge on any atom is 0.472 e. The summed E-state index contributed by atoms with van der Waals surface area (Å²) in [6.07, 6.45) is 55.5. The van der Waals surface area contributed by atoms with Gasteiger partial charge in [-0.3, -0.25) is 37.3 Å². The monoisotopic (exact) mass is 1450 g/mol. The second kappa shape index (κ2) is 69.1. The van der Waals surface area contributed by atoms with E-state index in [1.165, 1.54) is 205 Å². The normalized spacial score (nSPS) is 14.1. The number of ether oxygens (including phenoxy) is 4. The van der Waals surface area contributed by atoms with Gasteiger partial charge in [-0.05, 0) is 49.4 Å². The van der Waals surface area contributed by atoms with Gasteiger partial charge in [0.15, 0.2) is 12.2 Å². The molecule has 0 bridgehead atoms. The Bertz CT molecular complexity index is 1940. The molecule has 0 aromatic heterocycles. The largest absolute Gasteiger partial charge is 0.472 e. The van der Waals surface area contributed by atoms with Crippen LogP contribution in [0.2, 0.25) is 0 Å².